The van der Waals surface area contributed by atoms with Crippen LogP contribution in [-0.2, 0) is 4.74 Å². The summed E-state index contributed by atoms with van der Waals surface area (Å²) in [6, 6.07) is 2.77. The summed E-state index contributed by atoms with van der Waals surface area (Å²) < 4.78 is 6.23. The van der Waals surface area contributed by atoms with E-state index in [2.05, 4.69) is 38.8 Å². The third kappa shape index (κ3) is 2.74. The van der Waals surface area contributed by atoms with Crippen LogP contribution in [0.1, 0.15) is 18.4 Å². The Balaban J connectivity index is 2.17. The first kappa shape index (κ1) is 11.9. The molecule has 1 aromatic rings. The van der Waals surface area contributed by atoms with Gasteiger partial charge < -0.3 is 9.64 Å². The van der Waals surface area contributed by atoms with Gasteiger partial charge in [0.1, 0.15) is 5.82 Å². The number of ether oxygens (including phenoxy) is 1. The van der Waals surface area contributed by atoms with Crippen molar-refractivity contribution < 1.29 is 4.74 Å². The van der Waals surface area contributed by atoms with E-state index in [4.69, 9.17) is 4.74 Å². The molecule has 0 aromatic carbocycles. The number of nitrogens with zero attached hydrogens (tertiary/aromatic N) is 2. The normalized spacial score (nSPS) is 15.2. The van der Waals surface area contributed by atoms with Gasteiger partial charge in [-0.1, -0.05) is 0 Å². The van der Waals surface area contributed by atoms with Gasteiger partial charge >= 0.3 is 0 Å². The Labute approximate surface area is 105 Å². The zero-order valence-electron chi connectivity index (χ0n) is 9.74. The Kier molecular flexibility index (Phi) is 3.82. The van der Waals surface area contributed by atoms with Crippen molar-refractivity contribution >= 4 is 21.7 Å². The number of halogens is 1. The van der Waals surface area contributed by atoms with Gasteiger partial charge in [0, 0.05) is 25.9 Å². The summed E-state index contributed by atoms with van der Waals surface area (Å²) in [6.07, 6.45) is 4.46. The Morgan fingerprint density at radius 2 is 2.31 bits per heavy atom. The molecule has 88 valence electrons. The van der Waals surface area contributed by atoms with Crippen LogP contribution in [0.3, 0.4) is 0 Å². The van der Waals surface area contributed by atoms with Crippen LogP contribution >= 0.6 is 15.9 Å². The largest absolute Gasteiger partial charge is 0.383 e. The van der Waals surface area contributed by atoms with E-state index in [0.29, 0.717) is 6.04 Å². The molecule has 0 spiro atoms. The predicted molar refractivity (Wildman–Crippen MR) is 68.9 cm³/mol. The van der Waals surface area contributed by atoms with Gasteiger partial charge in [0.05, 0.1) is 11.1 Å². The van der Waals surface area contributed by atoms with Gasteiger partial charge in [0.2, 0.25) is 0 Å². The fourth-order valence-electron chi connectivity index (χ4n) is 1.77. The molecule has 4 heteroatoms. The summed E-state index contributed by atoms with van der Waals surface area (Å²) >= 11 is 3.59. The zero-order valence-corrected chi connectivity index (χ0v) is 11.3. The van der Waals surface area contributed by atoms with E-state index in [1.165, 1.54) is 18.4 Å². The monoisotopic (exact) mass is 284 g/mol. The summed E-state index contributed by atoms with van der Waals surface area (Å²) in [5, 5.41) is 0. The molecule has 1 saturated carbocycles. The quantitative estimate of drug-likeness (QED) is 0.831. The van der Waals surface area contributed by atoms with Gasteiger partial charge in [-0.2, -0.15) is 0 Å². The summed E-state index contributed by atoms with van der Waals surface area (Å²) in [5.41, 5.74) is 1.18. The first-order valence-electron chi connectivity index (χ1n) is 5.60. The van der Waals surface area contributed by atoms with E-state index in [-0.39, 0.29) is 0 Å². The molecule has 0 saturated heterocycles. The number of aromatic nitrogens is 1. The van der Waals surface area contributed by atoms with Crippen LogP contribution in [0.25, 0.3) is 0 Å². The molecule has 3 nitrogen and oxygen atoms in total. The molecule has 1 aliphatic carbocycles. The van der Waals surface area contributed by atoms with Crippen LogP contribution in [0.4, 0.5) is 5.82 Å². The lowest BCUT2D eigenvalue weighted by Crippen LogP contribution is -2.30. The zero-order chi connectivity index (χ0) is 11.5. The van der Waals surface area contributed by atoms with Crippen molar-refractivity contribution in [3.8, 4) is 0 Å². The maximum absolute atomic E-state index is 5.15. The number of rotatable bonds is 5. The third-order valence-corrected chi connectivity index (χ3v) is 3.34. The van der Waals surface area contributed by atoms with Gasteiger partial charge in [0.15, 0.2) is 0 Å². The molecule has 0 unspecified atom stereocenters. The molecule has 1 aliphatic rings. The maximum atomic E-state index is 5.15. The topological polar surface area (TPSA) is 25.4 Å². The maximum Gasteiger partial charge on any atom is 0.143 e. The summed E-state index contributed by atoms with van der Waals surface area (Å²) in [5.74, 6) is 1.05. The van der Waals surface area contributed by atoms with Crippen LogP contribution in [0.15, 0.2) is 16.7 Å². The van der Waals surface area contributed by atoms with Crippen molar-refractivity contribution in [2.75, 3.05) is 25.2 Å². The average Bonchev–Trinajstić information content (AvgIpc) is 3.05. The van der Waals surface area contributed by atoms with Crippen LogP contribution in [0, 0.1) is 6.92 Å². The lowest BCUT2D eigenvalue weighted by molar-refractivity contribution is 0.204. The molecular weight excluding hydrogens is 268 g/mol. The Bertz CT molecular complexity index is 366. The molecule has 16 heavy (non-hydrogen) atoms. The van der Waals surface area contributed by atoms with Crippen LogP contribution in [0.2, 0.25) is 0 Å². The van der Waals surface area contributed by atoms with Crippen LogP contribution in [-0.4, -0.2) is 31.3 Å². The Morgan fingerprint density at radius 1 is 1.56 bits per heavy atom. The third-order valence-electron chi connectivity index (χ3n) is 2.75. The van der Waals surface area contributed by atoms with Crippen molar-refractivity contribution in [1.29, 1.82) is 0 Å². The van der Waals surface area contributed by atoms with Gasteiger partial charge in [-0.15, -0.1) is 0 Å². The molecule has 1 heterocycles. The lowest BCUT2D eigenvalue weighted by atomic mass is 10.3. The molecule has 0 amide bonds. The first-order valence-corrected chi connectivity index (χ1v) is 6.39. The minimum absolute atomic E-state index is 0.654. The fourth-order valence-corrected chi connectivity index (χ4v) is 2.47. The fraction of sp³-hybridized carbons (Fsp3) is 0.583. The summed E-state index contributed by atoms with van der Waals surface area (Å²) in [7, 11) is 1.74. The standard InChI is InChI=1S/C12H17BrN2O/c1-9-7-11(13)12(14-8-9)15(5-6-16-2)10-3-4-10/h7-8,10H,3-6H2,1-2H3. The number of hydrogen-bond donors (Lipinski definition) is 0. The van der Waals surface area contributed by atoms with Crippen LogP contribution < -0.4 is 4.90 Å². The predicted octanol–water partition coefficient (Wildman–Crippen LogP) is 2.77. The SMILES string of the molecule is COCCN(c1ncc(C)cc1Br)C1CC1. The highest BCUT2D eigenvalue weighted by molar-refractivity contribution is 9.10. The number of hydrogen-bond acceptors (Lipinski definition) is 3. The van der Waals surface area contributed by atoms with Crippen LogP contribution in [0.5, 0.6) is 0 Å². The Morgan fingerprint density at radius 3 is 2.88 bits per heavy atom. The molecule has 0 radical (unpaired) electrons. The second-order valence-corrected chi connectivity index (χ2v) is 5.09. The molecule has 1 fully saturated rings. The molecule has 0 atom stereocenters. The summed E-state index contributed by atoms with van der Waals surface area (Å²) in [6.45, 7) is 3.71. The Hall–Kier alpha value is -0.610. The van der Waals surface area contributed by atoms with Crippen molar-refractivity contribution in [2.45, 2.75) is 25.8 Å². The highest BCUT2D eigenvalue weighted by atomic mass is 79.9. The van der Waals surface area contributed by atoms with Gasteiger partial charge in [-0.3, -0.25) is 0 Å². The minimum atomic E-state index is 0.654. The van der Waals surface area contributed by atoms with E-state index in [0.717, 1.165) is 23.4 Å². The van der Waals surface area contributed by atoms with E-state index in [1.807, 2.05) is 6.20 Å². The molecule has 1 aromatic heterocycles. The van der Waals surface area contributed by atoms with Crippen molar-refractivity contribution in [3.63, 3.8) is 0 Å². The van der Waals surface area contributed by atoms with E-state index in [9.17, 15) is 0 Å². The molecule has 0 bridgehead atoms. The number of anilines is 1. The molecule has 0 aliphatic heterocycles. The number of methoxy groups -OCH3 is 1. The second kappa shape index (κ2) is 5.15. The first-order chi connectivity index (χ1) is 7.72. The minimum Gasteiger partial charge on any atom is -0.383 e. The molecule has 2 rings (SSSR count). The molecule has 0 N–H and O–H groups in total. The van der Waals surface area contributed by atoms with Crippen molar-refractivity contribution in [3.05, 3.63) is 22.3 Å². The van der Waals surface area contributed by atoms with Gasteiger partial charge in [0.25, 0.3) is 0 Å². The summed E-state index contributed by atoms with van der Waals surface area (Å²) in [4.78, 5) is 6.86. The van der Waals surface area contributed by atoms with E-state index >= 15 is 0 Å². The van der Waals surface area contributed by atoms with E-state index < -0.39 is 0 Å². The van der Waals surface area contributed by atoms with Gasteiger partial charge in [-0.05, 0) is 47.3 Å². The lowest BCUT2D eigenvalue weighted by Gasteiger charge is -2.24. The van der Waals surface area contributed by atoms with Crippen molar-refractivity contribution in [2.24, 2.45) is 0 Å². The molecular formula is C12H17BrN2O. The van der Waals surface area contributed by atoms with E-state index in [1.54, 1.807) is 7.11 Å². The smallest absolute Gasteiger partial charge is 0.143 e. The average molecular weight is 285 g/mol. The highest BCUT2D eigenvalue weighted by Gasteiger charge is 2.30. The second-order valence-electron chi connectivity index (χ2n) is 4.24. The van der Waals surface area contributed by atoms with Gasteiger partial charge in [-0.25, -0.2) is 4.98 Å². The van der Waals surface area contributed by atoms with Crippen molar-refractivity contribution in [1.82, 2.24) is 4.98 Å². The highest BCUT2D eigenvalue weighted by Crippen LogP contribution is 2.34. The number of aryl methyl sites for hydroxylation is 1. The number of pyridine rings is 1.